The summed E-state index contributed by atoms with van der Waals surface area (Å²) in [5, 5.41) is 3.72. The Labute approximate surface area is 191 Å². The number of anilines is 1. The molecule has 12 heteroatoms. The smallest absolute Gasteiger partial charge is 0.212 e. The number of halogens is 3. The van der Waals surface area contributed by atoms with Gasteiger partial charge in [-0.2, -0.15) is 0 Å². The van der Waals surface area contributed by atoms with Gasteiger partial charge < -0.3 is 15.5 Å². The van der Waals surface area contributed by atoms with E-state index in [1.807, 2.05) is 19.1 Å². The lowest BCUT2D eigenvalue weighted by molar-refractivity contribution is 0.518. The monoisotopic (exact) mass is 500 g/mol. The van der Waals surface area contributed by atoms with Crippen molar-refractivity contribution in [3.63, 3.8) is 0 Å². The molecule has 3 rings (SSSR count). The van der Waals surface area contributed by atoms with E-state index in [9.17, 15) is 8.42 Å². The maximum Gasteiger partial charge on any atom is 0.212 e. The zero-order chi connectivity index (χ0) is 19.6. The number of thiophene rings is 1. The van der Waals surface area contributed by atoms with Crippen LogP contribution in [0.1, 0.15) is 16.2 Å². The lowest BCUT2D eigenvalue weighted by Gasteiger charge is -2.10. The zero-order valence-corrected chi connectivity index (χ0v) is 19.8. The highest BCUT2D eigenvalue weighted by Crippen LogP contribution is 2.37. The van der Waals surface area contributed by atoms with Gasteiger partial charge in [0.1, 0.15) is 10.9 Å². The second kappa shape index (κ2) is 10.8. The number of fused-ring (bicyclic) bond motifs is 1. The van der Waals surface area contributed by atoms with Crippen molar-refractivity contribution in [2.75, 3.05) is 18.1 Å². The van der Waals surface area contributed by atoms with Crippen LogP contribution < -0.4 is 15.8 Å². The molecule has 0 aliphatic rings. The van der Waals surface area contributed by atoms with E-state index in [0.717, 1.165) is 32.1 Å². The number of sulfonamides is 1. The predicted octanol–water partition coefficient (Wildman–Crippen LogP) is 3.73. The van der Waals surface area contributed by atoms with Gasteiger partial charge in [-0.1, -0.05) is 11.6 Å². The van der Waals surface area contributed by atoms with E-state index in [0.29, 0.717) is 18.1 Å². The van der Waals surface area contributed by atoms with Crippen LogP contribution >= 0.6 is 47.8 Å². The van der Waals surface area contributed by atoms with Crippen LogP contribution in [0, 0.1) is 6.92 Å². The molecule has 0 amide bonds. The van der Waals surface area contributed by atoms with Gasteiger partial charge >= 0.3 is 0 Å². The molecule has 7 nitrogen and oxygen atoms in total. The lowest BCUT2D eigenvalue weighted by atomic mass is 10.1. The van der Waals surface area contributed by atoms with E-state index < -0.39 is 16.1 Å². The molecule has 1 unspecified atom stereocenters. The Morgan fingerprint density at radius 1 is 1.38 bits per heavy atom. The standard InChI is InChI=1S/C17H21ClN4O3S2.2ClH/c1-10-14(6-11(19)9-27(23,24)20-2)26-17-13(7-15(18)22-16(10)17)21-8-12-4-3-5-25-12;;/h3-5,7,11,20H,6,8-9,19H2,1-2H3,(H,21,22);2*1H. The molecule has 0 spiro atoms. The zero-order valence-electron chi connectivity index (χ0n) is 15.8. The van der Waals surface area contributed by atoms with Gasteiger partial charge in [0.05, 0.1) is 34.5 Å². The Kier molecular flexibility index (Phi) is 9.68. The molecule has 0 bridgehead atoms. The number of aromatic nitrogens is 1. The number of nitrogens with zero attached hydrogens (tertiary/aromatic N) is 1. The summed E-state index contributed by atoms with van der Waals surface area (Å²) in [6.07, 6.45) is 2.07. The number of hydrogen-bond donors (Lipinski definition) is 3. The number of aryl methyl sites for hydroxylation is 1. The van der Waals surface area contributed by atoms with Gasteiger partial charge in [-0.3, -0.25) is 0 Å². The van der Waals surface area contributed by atoms with E-state index in [1.54, 1.807) is 23.7 Å². The molecule has 0 aliphatic heterocycles. The van der Waals surface area contributed by atoms with Crippen LogP contribution in [-0.4, -0.2) is 32.2 Å². The van der Waals surface area contributed by atoms with Gasteiger partial charge in [0, 0.05) is 17.0 Å². The van der Waals surface area contributed by atoms with Crippen LogP contribution in [0.15, 0.2) is 28.9 Å². The van der Waals surface area contributed by atoms with Crippen molar-refractivity contribution in [1.82, 2.24) is 9.71 Å². The molecule has 3 aromatic rings. The summed E-state index contributed by atoms with van der Waals surface area (Å²) in [7, 11) is -1.98. The molecule has 29 heavy (non-hydrogen) atoms. The van der Waals surface area contributed by atoms with Crippen molar-refractivity contribution in [2.24, 2.45) is 5.73 Å². The quantitative estimate of drug-likeness (QED) is 0.406. The van der Waals surface area contributed by atoms with Crippen molar-refractivity contribution in [3.05, 3.63) is 45.8 Å². The first kappa shape index (κ1) is 26.0. The van der Waals surface area contributed by atoms with Crippen LogP contribution in [0.25, 0.3) is 10.2 Å². The van der Waals surface area contributed by atoms with Crippen molar-refractivity contribution >= 4 is 73.7 Å². The van der Waals surface area contributed by atoms with Crippen LogP contribution in [0.5, 0.6) is 0 Å². The summed E-state index contributed by atoms with van der Waals surface area (Å²) in [6, 6.07) is 4.99. The van der Waals surface area contributed by atoms with Crippen molar-refractivity contribution < 1.29 is 12.8 Å². The number of pyridine rings is 1. The second-order valence-electron chi connectivity index (χ2n) is 6.20. The normalized spacial score (nSPS) is 12.3. The molecular formula is C17H23Cl3N4O3S2. The maximum atomic E-state index is 11.7. The fourth-order valence-corrected chi connectivity index (χ4v) is 5.15. The van der Waals surface area contributed by atoms with Gasteiger partial charge in [-0.25, -0.2) is 18.1 Å². The summed E-state index contributed by atoms with van der Waals surface area (Å²) in [5.74, 6) is 0.679. The van der Waals surface area contributed by atoms with Crippen LogP contribution in [0.4, 0.5) is 5.69 Å². The first-order valence-corrected chi connectivity index (χ1v) is 11.2. The first-order valence-electron chi connectivity index (χ1n) is 8.30. The van der Waals surface area contributed by atoms with Crippen LogP contribution in [0.2, 0.25) is 5.15 Å². The summed E-state index contributed by atoms with van der Waals surface area (Å²) in [5.41, 5.74) is 8.69. The SMILES string of the molecule is CNS(=O)(=O)CC(N)Cc1sc2c(NCc3ccco3)cc(Cl)nc2c1C.Cl.Cl. The molecule has 3 aromatic heterocycles. The second-order valence-corrected chi connectivity index (χ2v) is 9.67. The molecule has 4 N–H and O–H groups in total. The number of nitrogens with one attached hydrogen (secondary N) is 2. The molecule has 0 saturated heterocycles. The minimum absolute atomic E-state index is 0. The van der Waals surface area contributed by atoms with Gasteiger partial charge in [0.25, 0.3) is 0 Å². The molecular weight excluding hydrogens is 479 g/mol. The lowest BCUT2D eigenvalue weighted by Crippen LogP contribution is -2.36. The average molecular weight is 502 g/mol. The number of rotatable bonds is 8. The molecule has 0 radical (unpaired) electrons. The van der Waals surface area contributed by atoms with E-state index in [1.165, 1.54) is 7.05 Å². The summed E-state index contributed by atoms with van der Waals surface area (Å²) in [4.78, 5) is 5.44. The highest BCUT2D eigenvalue weighted by molar-refractivity contribution is 7.89. The summed E-state index contributed by atoms with van der Waals surface area (Å²) >= 11 is 7.74. The van der Waals surface area contributed by atoms with Crippen molar-refractivity contribution in [1.29, 1.82) is 0 Å². The Morgan fingerprint density at radius 2 is 2.10 bits per heavy atom. The summed E-state index contributed by atoms with van der Waals surface area (Å²) < 4.78 is 32.0. The largest absolute Gasteiger partial charge is 0.467 e. The Balaban J connectivity index is 0.00000210. The third-order valence-electron chi connectivity index (χ3n) is 4.17. The molecule has 1 atom stereocenters. The molecule has 0 aliphatic carbocycles. The third kappa shape index (κ3) is 6.45. The van der Waals surface area contributed by atoms with E-state index in [2.05, 4.69) is 15.0 Å². The average Bonchev–Trinajstić information content (AvgIpc) is 3.22. The van der Waals surface area contributed by atoms with Gasteiger partial charge in [-0.15, -0.1) is 36.2 Å². The summed E-state index contributed by atoms with van der Waals surface area (Å²) in [6.45, 7) is 2.47. The minimum atomic E-state index is -3.36. The third-order valence-corrected chi connectivity index (χ3v) is 7.18. The number of furan rings is 1. The highest BCUT2D eigenvalue weighted by atomic mass is 35.5. The van der Waals surface area contributed by atoms with Gasteiger partial charge in [-0.05, 0) is 38.1 Å². The van der Waals surface area contributed by atoms with Crippen molar-refractivity contribution in [2.45, 2.75) is 25.9 Å². The fraction of sp³-hybridized carbons (Fsp3) is 0.353. The van der Waals surface area contributed by atoms with Crippen molar-refractivity contribution in [3.8, 4) is 0 Å². The fourth-order valence-electron chi connectivity index (χ4n) is 2.78. The van der Waals surface area contributed by atoms with E-state index in [-0.39, 0.29) is 30.6 Å². The topological polar surface area (TPSA) is 110 Å². The van der Waals surface area contributed by atoms with Gasteiger partial charge in [0.2, 0.25) is 10.0 Å². The van der Waals surface area contributed by atoms with Crippen LogP contribution in [0.3, 0.4) is 0 Å². The predicted molar refractivity (Wildman–Crippen MR) is 124 cm³/mol. The maximum absolute atomic E-state index is 11.7. The molecule has 3 heterocycles. The number of nitrogens with two attached hydrogens (primary N) is 1. The van der Waals surface area contributed by atoms with E-state index in [4.69, 9.17) is 21.8 Å². The molecule has 0 fully saturated rings. The Hall–Kier alpha value is -1.07. The molecule has 162 valence electrons. The highest BCUT2D eigenvalue weighted by Gasteiger charge is 2.19. The first-order chi connectivity index (χ1) is 12.8. The Bertz CT molecular complexity index is 1040. The minimum Gasteiger partial charge on any atom is -0.467 e. The Morgan fingerprint density at radius 3 is 2.72 bits per heavy atom. The number of hydrogen-bond acceptors (Lipinski definition) is 7. The molecule has 0 aromatic carbocycles. The molecule has 0 saturated carbocycles. The van der Waals surface area contributed by atoms with Crippen LogP contribution in [-0.2, 0) is 23.0 Å². The van der Waals surface area contributed by atoms with E-state index >= 15 is 0 Å². The van der Waals surface area contributed by atoms with Gasteiger partial charge in [0.15, 0.2) is 0 Å².